The molecular weight excluding hydrogens is 361 g/mol. The molecule has 2 aromatic heterocycles. The largest absolute Gasteiger partial charge is 0.376 e. The van der Waals surface area contributed by atoms with Gasteiger partial charge in [-0.1, -0.05) is 0 Å². The highest BCUT2D eigenvalue weighted by Gasteiger charge is 2.17. The molecule has 0 radical (unpaired) electrons. The molecule has 8 heteroatoms. The Balaban J connectivity index is 1.43. The first-order valence-electron chi connectivity index (χ1n) is 9.34. The average molecular weight is 383 g/mol. The van der Waals surface area contributed by atoms with Crippen LogP contribution >= 0.6 is 0 Å². The molecule has 1 N–H and O–H groups in total. The third kappa shape index (κ3) is 4.12. The van der Waals surface area contributed by atoms with Crippen molar-refractivity contribution in [2.75, 3.05) is 11.9 Å². The quantitative estimate of drug-likeness (QED) is 0.734. The van der Waals surface area contributed by atoms with Crippen molar-refractivity contribution in [1.82, 2.24) is 19.6 Å². The highest BCUT2D eigenvalue weighted by molar-refractivity contribution is 6.03. The maximum atomic E-state index is 13.1. The molecule has 0 unspecified atom stereocenters. The summed E-state index contributed by atoms with van der Waals surface area (Å²) >= 11 is 0. The van der Waals surface area contributed by atoms with Gasteiger partial charge < -0.3 is 10.1 Å². The van der Waals surface area contributed by atoms with Gasteiger partial charge >= 0.3 is 0 Å². The molecule has 1 aliphatic rings. The van der Waals surface area contributed by atoms with E-state index in [1.807, 2.05) is 0 Å². The van der Waals surface area contributed by atoms with E-state index >= 15 is 0 Å². The summed E-state index contributed by atoms with van der Waals surface area (Å²) in [5.74, 6) is -0.592. The van der Waals surface area contributed by atoms with E-state index in [0.29, 0.717) is 23.6 Å². The molecule has 1 aliphatic heterocycles. The van der Waals surface area contributed by atoms with Crippen LogP contribution in [0.25, 0.3) is 11.3 Å². The van der Waals surface area contributed by atoms with Gasteiger partial charge in [-0.05, 0) is 49.6 Å². The minimum absolute atomic E-state index is 0.174. The summed E-state index contributed by atoms with van der Waals surface area (Å²) in [4.78, 5) is 12.6. The summed E-state index contributed by atoms with van der Waals surface area (Å²) in [5, 5.41) is 11.5. The molecule has 4 rings (SSSR count). The minimum atomic E-state index is -0.312. The van der Waals surface area contributed by atoms with Gasteiger partial charge in [0.05, 0.1) is 30.2 Å². The summed E-state index contributed by atoms with van der Waals surface area (Å²) in [7, 11) is 1.70. The van der Waals surface area contributed by atoms with Crippen LogP contribution in [0.2, 0.25) is 0 Å². The second-order valence-corrected chi connectivity index (χ2v) is 6.94. The van der Waals surface area contributed by atoms with Gasteiger partial charge in [-0.2, -0.15) is 10.2 Å². The second kappa shape index (κ2) is 7.93. The van der Waals surface area contributed by atoms with Gasteiger partial charge in [-0.15, -0.1) is 0 Å². The number of nitrogens with zero attached hydrogens (tertiary/aromatic N) is 4. The number of ether oxygens (including phenoxy) is 1. The van der Waals surface area contributed by atoms with Crippen molar-refractivity contribution in [3.8, 4) is 11.3 Å². The fraction of sp³-hybridized carbons (Fsp3) is 0.350. The molecule has 0 bridgehead atoms. The van der Waals surface area contributed by atoms with Gasteiger partial charge in [0, 0.05) is 25.4 Å². The number of nitrogens with one attached hydrogen (secondary N) is 1. The molecule has 0 aliphatic carbocycles. The normalized spacial score (nSPS) is 16.9. The monoisotopic (exact) mass is 383 g/mol. The SMILES string of the molecule is Cn1nc(-c2ccc(F)cc2)cc1C(=O)Nc1cnn(C[C@@H]2CCCCO2)c1. The van der Waals surface area contributed by atoms with Crippen molar-refractivity contribution >= 4 is 11.6 Å². The lowest BCUT2D eigenvalue weighted by Crippen LogP contribution is -2.24. The summed E-state index contributed by atoms with van der Waals surface area (Å²) in [5.41, 5.74) is 2.38. The Morgan fingerprint density at radius 1 is 1.32 bits per heavy atom. The molecule has 7 nitrogen and oxygen atoms in total. The molecule has 146 valence electrons. The Kier molecular flexibility index (Phi) is 5.21. The lowest BCUT2D eigenvalue weighted by molar-refractivity contribution is 0.00400. The lowest BCUT2D eigenvalue weighted by atomic mass is 10.1. The first kappa shape index (κ1) is 18.4. The first-order chi connectivity index (χ1) is 13.6. The number of anilines is 1. The van der Waals surface area contributed by atoms with E-state index in [2.05, 4.69) is 15.5 Å². The van der Waals surface area contributed by atoms with E-state index in [-0.39, 0.29) is 17.8 Å². The van der Waals surface area contributed by atoms with Crippen LogP contribution in [0.5, 0.6) is 0 Å². The van der Waals surface area contributed by atoms with E-state index in [4.69, 9.17) is 4.74 Å². The van der Waals surface area contributed by atoms with Crippen molar-refractivity contribution in [2.24, 2.45) is 7.05 Å². The number of rotatable bonds is 5. The van der Waals surface area contributed by atoms with E-state index in [1.165, 1.54) is 23.2 Å². The van der Waals surface area contributed by atoms with Gasteiger partial charge in [-0.3, -0.25) is 14.2 Å². The molecular formula is C20H22FN5O2. The Morgan fingerprint density at radius 3 is 2.89 bits per heavy atom. The van der Waals surface area contributed by atoms with Gasteiger partial charge in [0.25, 0.3) is 5.91 Å². The van der Waals surface area contributed by atoms with Crippen LogP contribution in [-0.4, -0.2) is 38.2 Å². The Bertz CT molecular complexity index is 957. The zero-order chi connectivity index (χ0) is 19.5. The molecule has 1 fully saturated rings. The number of halogens is 1. The summed E-state index contributed by atoms with van der Waals surface area (Å²) in [6.07, 6.45) is 6.91. The van der Waals surface area contributed by atoms with Gasteiger partial charge in [-0.25, -0.2) is 4.39 Å². The summed E-state index contributed by atoms with van der Waals surface area (Å²) in [6.45, 7) is 1.47. The van der Waals surface area contributed by atoms with Crippen LogP contribution in [0, 0.1) is 5.82 Å². The van der Waals surface area contributed by atoms with Crippen molar-refractivity contribution in [3.63, 3.8) is 0 Å². The van der Waals surface area contributed by atoms with Crippen LogP contribution in [0.1, 0.15) is 29.8 Å². The smallest absolute Gasteiger partial charge is 0.274 e. The number of aromatic nitrogens is 4. The number of carbonyl (C=O) groups is 1. The standard InChI is InChI=1S/C20H22FN5O2/c1-25-19(10-18(24-25)14-5-7-15(21)8-6-14)20(27)23-16-11-22-26(12-16)13-17-4-2-3-9-28-17/h5-8,10-12,17H,2-4,9,13H2,1H3,(H,23,27)/t17-/m0/s1. The average Bonchev–Trinajstić information content (AvgIpc) is 3.29. The predicted molar refractivity (Wildman–Crippen MR) is 102 cm³/mol. The van der Waals surface area contributed by atoms with Crippen LogP contribution in [-0.2, 0) is 18.3 Å². The zero-order valence-corrected chi connectivity index (χ0v) is 15.6. The van der Waals surface area contributed by atoms with Crippen LogP contribution in [0.4, 0.5) is 10.1 Å². The van der Waals surface area contributed by atoms with Crippen molar-refractivity contribution in [2.45, 2.75) is 31.9 Å². The number of hydrogen-bond donors (Lipinski definition) is 1. The maximum absolute atomic E-state index is 13.1. The van der Waals surface area contributed by atoms with Crippen molar-refractivity contribution < 1.29 is 13.9 Å². The van der Waals surface area contributed by atoms with Crippen LogP contribution in [0.3, 0.4) is 0 Å². The predicted octanol–water partition coefficient (Wildman–Crippen LogP) is 3.24. The number of benzene rings is 1. The fourth-order valence-electron chi connectivity index (χ4n) is 3.32. The fourth-order valence-corrected chi connectivity index (χ4v) is 3.32. The van der Waals surface area contributed by atoms with Gasteiger partial charge in [0.15, 0.2) is 0 Å². The zero-order valence-electron chi connectivity index (χ0n) is 15.6. The summed E-state index contributed by atoms with van der Waals surface area (Å²) in [6, 6.07) is 7.69. The Morgan fingerprint density at radius 2 is 2.14 bits per heavy atom. The summed E-state index contributed by atoms with van der Waals surface area (Å²) < 4.78 is 22.1. The molecule has 1 aromatic carbocycles. The molecule has 1 atom stereocenters. The molecule has 1 amide bonds. The number of amides is 1. The number of carbonyl (C=O) groups excluding carboxylic acids is 1. The molecule has 0 spiro atoms. The number of aryl methyl sites for hydroxylation is 1. The molecule has 1 saturated heterocycles. The van der Waals surface area contributed by atoms with Gasteiger partial charge in [0.1, 0.15) is 11.5 Å². The van der Waals surface area contributed by atoms with Crippen LogP contribution < -0.4 is 5.32 Å². The molecule has 3 heterocycles. The van der Waals surface area contributed by atoms with Gasteiger partial charge in [0.2, 0.25) is 0 Å². The van der Waals surface area contributed by atoms with E-state index < -0.39 is 0 Å². The van der Waals surface area contributed by atoms with E-state index in [9.17, 15) is 9.18 Å². The first-order valence-corrected chi connectivity index (χ1v) is 9.34. The third-order valence-corrected chi connectivity index (χ3v) is 4.81. The van der Waals surface area contributed by atoms with Crippen molar-refractivity contribution in [3.05, 3.63) is 54.2 Å². The van der Waals surface area contributed by atoms with E-state index in [1.54, 1.807) is 42.3 Å². The lowest BCUT2D eigenvalue weighted by Gasteiger charge is -2.22. The second-order valence-electron chi connectivity index (χ2n) is 6.94. The topological polar surface area (TPSA) is 74.0 Å². The van der Waals surface area contributed by atoms with Crippen molar-refractivity contribution in [1.29, 1.82) is 0 Å². The highest BCUT2D eigenvalue weighted by atomic mass is 19.1. The third-order valence-electron chi connectivity index (χ3n) is 4.81. The minimum Gasteiger partial charge on any atom is -0.376 e. The van der Waals surface area contributed by atoms with Crippen LogP contribution in [0.15, 0.2) is 42.7 Å². The molecule has 28 heavy (non-hydrogen) atoms. The van der Waals surface area contributed by atoms with E-state index in [0.717, 1.165) is 25.0 Å². The molecule has 0 saturated carbocycles. The Hall–Kier alpha value is -3.00. The molecule has 3 aromatic rings. The maximum Gasteiger partial charge on any atom is 0.274 e. The highest BCUT2D eigenvalue weighted by Crippen LogP contribution is 2.20. The number of hydrogen-bond acceptors (Lipinski definition) is 4. The Labute approximate surface area is 162 Å².